The SMILES string of the molecule is COCCCNC(=O)NC1CCCC1C(=O)O. The molecule has 0 aromatic rings. The first kappa shape index (κ1) is 13.8. The number of ether oxygens (including phenoxy) is 1. The van der Waals surface area contributed by atoms with Crippen LogP contribution in [0, 0.1) is 5.92 Å². The summed E-state index contributed by atoms with van der Waals surface area (Å²) in [6, 6.07) is -0.533. The summed E-state index contributed by atoms with van der Waals surface area (Å²) < 4.78 is 4.86. The minimum absolute atomic E-state index is 0.241. The molecule has 1 aliphatic rings. The number of carboxylic acids is 1. The normalized spacial score (nSPS) is 23.4. The summed E-state index contributed by atoms with van der Waals surface area (Å²) in [7, 11) is 1.61. The molecule has 1 fully saturated rings. The van der Waals surface area contributed by atoms with Gasteiger partial charge in [0.15, 0.2) is 0 Å². The van der Waals surface area contributed by atoms with Crippen molar-refractivity contribution in [1.29, 1.82) is 0 Å². The lowest BCUT2D eigenvalue weighted by Crippen LogP contribution is -2.45. The second-order valence-corrected chi connectivity index (χ2v) is 4.23. The Hall–Kier alpha value is -1.30. The van der Waals surface area contributed by atoms with Crippen molar-refractivity contribution in [2.75, 3.05) is 20.3 Å². The van der Waals surface area contributed by atoms with Gasteiger partial charge in [-0.2, -0.15) is 0 Å². The topological polar surface area (TPSA) is 87.7 Å². The molecule has 0 aliphatic heterocycles. The molecule has 0 saturated heterocycles. The molecule has 0 radical (unpaired) electrons. The second kappa shape index (κ2) is 7.11. The van der Waals surface area contributed by atoms with E-state index in [0.717, 1.165) is 19.3 Å². The second-order valence-electron chi connectivity index (χ2n) is 4.23. The molecule has 17 heavy (non-hydrogen) atoms. The highest BCUT2D eigenvalue weighted by Crippen LogP contribution is 2.25. The number of amides is 2. The standard InChI is InChI=1S/C11H20N2O4/c1-17-7-3-6-12-11(16)13-9-5-2-4-8(9)10(14)15/h8-9H,2-7H2,1H3,(H,14,15)(H2,12,13,16). The third kappa shape index (κ3) is 4.60. The average molecular weight is 244 g/mol. The molecule has 1 saturated carbocycles. The van der Waals surface area contributed by atoms with Crippen molar-refractivity contribution >= 4 is 12.0 Å². The lowest BCUT2D eigenvalue weighted by atomic mass is 10.0. The quantitative estimate of drug-likeness (QED) is 0.596. The highest BCUT2D eigenvalue weighted by atomic mass is 16.5. The minimum atomic E-state index is -0.827. The van der Waals surface area contributed by atoms with Crippen molar-refractivity contribution in [3.05, 3.63) is 0 Å². The lowest BCUT2D eigenvalue weighted by molar-refractivity contribution is -0.142. The van der Waals surface area contributed by atoms with E-state index in [9.17, 15) is 9.59 Å². The number of carbonyl (C=O) groups excluding carboxylic acids is 1. The number of urea groups is 1. The van der Waals surface area contributed by atoms with Crippen LogP contribution < -0.4 is 10.6 Å². The Kier molecular flexibility index (Phi) is 5.76. The summed E-state index contributed by atoms with van der Waals surface area (Å²) in [5, 5.41) is 14.4. The summed E-state index contributed by atoms with van der Waals surface area (Å²) in [5.74, 6) is -1.27. The van der Waals surface area contributed by atoms with Gasteiger partial charge in [-0.05, 0) is 19.3 Å². The number of carboxylic acid groups (broad SMARTS) is 1. The third-order valence-electron chi connectivity index (χ3n) is 2.96. The van der Waals surface area contributed by atoms with Gasteiger partial charge in [0.2, 0.25) is 0 Å². The van der Waals surface area contributed by atoms with Crippen LogP contribution in [-0.4, -0.2) is 43.4 Å². The molecule has 0 aromatic heterocycles. The summed E-state index contributed by atoms with van der Waals surface area (Å²) >= 11 is 0. The van der Waals surface area contributed by atoms with Crippen molar-refractivity contribution in [3.63, 3.8) is 0 Å². The van der Waals surface area contributed by atoms with E-state index in [2.05, 4.69) is 10.6 Å². The van der Waals surface area contributed by atoms with Gasteiger partial charge in [-0.1, -0.05) is 6.42 Å². The Morgan fingerprint density at radius 1 is 1.41 bits per heavy atom. The van der Waals surface area contributed by atoms with E-state index < -0.39 is 11.9 Å². The molecule has 0 spiro atoms. The molecule has 6 nitrogen and oxygen atoms in total. The molecule has 0 aromatic carbocycles. The Morgan fingerprint density at radius 2 is 2.18 bits per heavy atom. The van der Waals surface area contributed by atoms with Gasteiger partial charge in [-0.25, -0.2) is 4.79 Å². The Morgan fingerprint density at radius 3 is 2.82 bits per heavy atom. The number of nitrogens with one attached hydrogen (secondary N) is 2. The molecule has 0 heterocycles. The molecule has 3 N–H and O–H groups in total. The van der Waals surface area contributed by atoms with Crippen LogP contribution in [0.4, 0.5) is 4.79 Å². The van der Waals surface area contributed by atoms with Gasteiger partial charge < -0.3 is 20.5 Å². The molecule has 1 aliphatic carbocycles. The first-order chi connectivity index (χ1) is 8.15. The highest BCUT2D eigenvalue weighted by molar-refractivity contribution is 5.76. The molecular formula is C11H20N2O4. The zero-order valence-corrected chi connectivity index (χ0v) is 10.1. The number of hydrogen-bond donors (Lipinski definition) is 3. The van der Waals surface area contributed by atoms with Gasteiger partial charge in [0.1, 0.15) is 0 Å². The predicted octanol–water partition coefficient (Wildman–Crippen LogP) is 0.575. The van der Waals surface area contributed by atoms with E-state index in [1.165, 1.54) is 0 Å². The first-order valence-electron chi connectivity index (χ1n) is 5.91. The van der Waals surface area contributed by atoms with Crippen molar-refractivity contribution in [2.24, 2.45) is 5.92 Å². The highest BCUT2D eigenvalue weighted by Gasteiger charge is 2.33. The van der Waals surface area contributed by atoms with Gasteiger partial charge in [-0.15, -0.1) is 0 Å². The Labute approximate surface area is 101 Å². The van der Waals surface area contributed by atoms with Crippen LogP contribution in [0.5, 0.6) is 0 Å². The monoisotopic (exact) mass is 244 g/mol. The first-order valence-corrected chi connectivity index (χ1v) is 5.91. The van der Waals surface area contributed by atoms with Crippen molar-refractivity contribution in [2.45, 2.75) is 31.7 Å². The molecule has 2 amide bonds. The molecule has 1 rings (SSSR count). The van der Waals surface area contributed by atoms with E-state index >= 15 is 0 Å². The fourth-order valence-electron chi connectivity index (χ4n) is 2.07. The van der Waals surface area contributed by atoms with E-state index in [4.69, 9.17) is 9.84 Å². The summed E-state index contributed by atoms with van der Waals surface area (Å²) in [6.07, 6.45) is 2.98. The Balaban J connectivity index is 2.23. The van der Waals surface area contributed by atoms with Gasteiger partial charge in [0, 0.05) is 26.3 Å². The van der Waals surface area contributed by atoms with Crippen LogP contribution in [0.2, 0.25) is 0 Å². The van der Waals surface area contributed by atoms with Crippen molar-refractivity contribution < 1.29 is 19.4 Å². The Bertz CT molecular complexity index is 270. The number of aliphatic carboxylic acids is 1. The fourth-order valence-corrected chi connectivity index (χ4v) is 2.07. The summed E-state index contributed by atoms with van der Waals surface area (Å²) in [4.78, 5) is 22.4. The van der Waals surface area contributed by atoms with Gasteiger partial charge in [0.05, 0.1) is 5.92 Å². The zero-order chi connectivity index (χ0) is 12.7. The van der Waals surface area contributed by atoms with Crippen LogP contribution in [-0.2, 0) is 9.53 Å². The number of carbonyl (C=O) groups is 2. The van der Waals surface area contributed by atoms with Crippen LogP contribution in [0.1, 0.15) is 25.7 Å². The maximum absolute atomic E-state index is 11.5. The smallest absolute Gasteiger partial charge is 0.315 e. The molecule has 0 bridgehead atoms. The minimum Gasteiger partial charge on any atom is -0.481 e. The molecular weight excluding hydrogens is 224 g/mol. The molecule has 2 unspecified atom stereocenters. The van der Waals surface area contributed by atoms with Crippen LogP contribution >= 0.6 is 0 Å². The largest absolute Gasteiger partial charge is 0.481 e. The molecule has 6 heteroatoms. The van der Waals surface area contributed by atoms with Gasteiger partial charge in [0.25, 0.3) is 0 Å². The average Bonchev–Trinajstić information content (AvgIpc) is 2.72. The summed E-state index contributed by atoms with van der Waals surface area (Å²) in [6.45, 7) is 1.13. The van der Waals surface area contributed by atoms with Gasteiger partial charge in [-0.3, -0.25) is 4.79 Å². The van der Waals surface area contributed by atoms with E-state index in [0.29, 0.717) is 19.6 Å². The predicted molar refractivity (Wildman–Crippen MR) is 61.8 cm³/mol. The number of methoxy groups -OCH3 is 1. The van der Waals surface area contributed by atoms with E-state index in [1.54, 1.807) is 7.11 Å². The van der Waals surface area contributed by atoms with Gasteiger partial charge >= 0.3 is 12.0 Å². The molecule has 2 atom stereocenters. The lowest BCUT2D eigenvalue weighted by Gasteiger charge is -2.17. The van der Waals surface area contributed by atoms with Crippen molar-refractivity contribution in [1.82, 2.24) is 10.6 Å². The number of hydrogen-bond acceptors (Lipinski definition) is 3. The summed E-state index contributed by atoms with van der Waals surface area (Å²) in [5.41, 5.74) is 0. The number of rotatable bonds is 6. The maximum atomic E-state index is 11.5. The molecule has 98 valence electrons. The van der Waals surface area contributed by atoms with E-state index in [1.807, 2.05) is 0 Å². The maximum Gasteiger partial charge on any atom is 0.315 e. The zero-order valence-electron chi connectivity index (χ0n) is 10.1. The van der Waals surface area contributed by atoms with Crippen LogP contribution in [0.15, 0.2) is 0 Å². The van der Waals surface area contributed by atoms with Crippen LogP contribution in [0.3, 0.4) is 0 Å². The fraction of sp³-hybridized carbons (Fsp3) is 0.818. The third-order valence-corrected chi connectivity index (χ3v) is 2.96. The van der Waals surface area contributed by atoms with Crippen molar-refractivity contribution in [3.8, 4) is 0 Å². The van der Waals surface area contributed by atoms with E-state index in [-0.39, 0.29) is 12.1 Å². The van der Waals surface area contributed by atoms with Crippen LogP contribution in [0.25, 0.3) is 0 Å².